The maximum atomic E-state index is 3.85. The molecule has 0 radical (unpaired) electrons. The van der Waals surface area contributed by atoms with Crippen molar-refractivity contribution in [1.82, 2.24) is 15.1 Å². The van der Waals surface area contributed by atoms with Crippen molar-refractivity contribution < 1.29 is 0 Å². The molecule has 2 atom stereocenters. The average Bonchev–Trinajstić information content (AvgIpc) is 2.19. The molecule has 3 heteroatoms. The Hall–Kier alpha value is -0.380. The third-order valence-electron chi connectivity index (χ3n) is 3.16. The Labute approximate surface area is 87.8 Å². The second-order valence-corrected chi connectivity index (χ2v) is 4.26. The van der Waals surface area contributed by atoms with Crippen molar-refractivity contribution in [2.24, 2.45) is 0 Å². The van der Waals surface area contributed by atoms with E-state index in [-0.39, 0.29) is 0 Å². The first-order valence-electron chi connectivity index (χ1n) is 5.36. The van der Waals surface area contributed by atoms with E-state index in [1.807, 2.05) is 13.1 Å². The van der Waals surface area contributed by atoms with Crippen molar-refractivity contribution in [1.29, 1.82) is 0 Å². The fraction of sp³-hybridized carbons (Fsp3) is 0.818. The Morgan fingerprint density at radius 3 is 2.79 bits per heavy atom. The van der Waals surface area contributed by atoms with Gasteiger partial charge in [0, 0.05) is 31.7 Å². The number of likely N-dealkylation sites (N-methyl/N-ethyl adjacent to an activating group) is 3. The zero-order valence-electron chi connectivity index (χ0n) is 9.66. The van der Waals surface area contributed by atoms with Gasteiger partial charge in [0.1, 0.15) is 0 Å². The van der Waals surface area contributed by atoms with E-state index >= 15 is 0 Å². The summed E-state index contributed by atoms with van der Waals surface area (Å²) in [4.78, 5) is 4.86. The monoisotopic (exact) mass is 197 g/mol. The fourth-order valence-electron chi connectivity index (χ4n) is 1.98. The van der Waals surface area contributed by atoms with Gasteiger partial charge in [0.2, 0.25) is 0 Å². The summed E-state index contributed by atoms with van der Waals surface area (Å²) >= 11 is 0. The van der Waals surface area contributed by atoms with Crippen LogP contribution in [0, 0.1) is 0 Å². The first-order chi connectivity index (χ1) is 6.67. The minimum Gasteiger partial charge on any atom is -0.313 e. The quantitative estimate of drug-likeness (QED) is 0.658. The topological polar surface area (TPSA) is 18.5 Å². The summed E-state index contributed by atoms with van der Waals surface area (Å²) in [7, 11) is 6.41. The van der Waals surface area contributed by atoms with Crippen LogP contribution in [-0.4, -0.2) is 62.7 Å². The highest BCUT2D eigenvalue weighted by Gasteiger charge is 2.23. The van der Waals surface area contributed by atoms with Gasteiger partial charge in [-0.3, -0.25) is 0 Å². The Kier molecular flexibility index (Phi) is 4.58. The Bertz CT molecular complexity index is 181. The van der Waals surface area contributed by atoms with Gasteiger partial charge in [-0.25, -0.2) is 0 Å². The number of hydrogen-bond donors (Lipinski definition) is 1. The van der Waals surface area contributed by atoms with Gasteiger partial charge in [0.05, 0.1) is 0 Å². The Morgan fingerprint density at radius 1 is 1.50 bits per heavy atom. The number of rotatable bonds is 4. The molecule has 1 heterocycles. The number of hydrogen-bond acceptors (Lipinski definition) is 3. The zero-order chi connectivity index (χ0) is 10.6. The molecule has 1 aliphatic heterocycles. The van der Waals surface area contributed by atoms with Crippen molar-refractivity contribution in [3.05, 3.63) is 12.7 Å². The molecule has 0 aromatic carbocycles. The zero-order valence-corrected chi connectivity index (χ0v) is 9.66. The summed E-state index contributed by atoms with van der Waals surface area (Å²) in [5.41, 5.74) is 0. The van der Waals surface area contributed by atoms with E-state index < -0.39 is 0 Å². The average molecular weight is 197 g/mol. The molecular formula is C11H23N3. The lowest BCUT2D eigenvalue weighted by molar-refractivity contribution is 0.105. The molecule has 1 fully saturated rings. The molecule has 0 amide bonds. The van der Waals surface area contributed by atoms with E-state index in [0.717, 1.165) is 6.42 Å². The smallest absolute Gasteiger partial charge is 0.0259 e. The van der Waals surface area contributed by atoms with Gasteiger partial charge >= 0.3 is 0 Å². The molecule has 1 N–H and O–H groups in total. The standard InChI is InChI=1S/C11H23N3/c1-5-10(12-2)8-11-9-13(3)6-7-14(11)4/h5,10-12H,1,6-9H2,2-4H3. The van der Waals surface area contributed by atoms with Crippen molar-refractivity contribution in [2.45, 2.75) is 18.5 Å². The SMILES string of the molecule is C=CC(CC1CN(C)CCN1C)NC. The number of nitrogens with one attached hydrogen (secondary N) is 1. The molecule has 82 valence electrons. The Morgan fingerprint density at radius 2 is 2.21 bits per heavy atom. The van der Waals surface area contributed by atoms with Crippen LogP contribution >= 0.6 is 0 Å². The lowest BCUT2D eigenvalue weighted by atomic mass is 10.0. The summed E-state index contributed by atoms with van der Waals surface area (Å²) in [5, 5.41) is 3.27. The molecule has 2 unspecified atom stereocenters. The minimum absolute atomic E-state index is 0.439. The molecular weight excluding hydrogens is 174 g/mol. The van der Waals surface area contributed by atoms with Gasteiger partial charge in [-0.15, -0.1) is 6.58 Å². The number of piperazine rings is 1. The summed E-state index contributed by atoms with van der Waals surface area (Å²) in [5.74, 6) is 0. The van der Waals surface area contributed by atoms with Crippen molar-refractivity contribution in [3.8, 4) is 0 Å². The molecule has 0 aromatic heterocycles. The second-order valence-electron chi connectivity index (χ2n) is 4.26. The van der Waals surface area contributed by atoms with E-state index in [0.29, 0.717) is 12.1 Å². The van der Waals surface area contributed by atoms with Gasteiger partial charge < -0.3 is 15.1 Å². The van der Waals surface area contributed by atoms with Crippen molar-refractivity contribution in [3.63, 3.8) is 0 Å². The highest BCUT2D eigenvalue weighted by molar-refractivity contribution is 4.90. The van der Waals surface area contributed by atoms with Crippen molar-refractivity contribution >= 4 is 0 Å². The van der Waals surface area contributed by atoms with Gasteiger partial charge in [-0.1, -0.05) is 6.08 Å². The van der Waals surface area contributed by atoms with Gasteiger partial charge in [-0.05, 0) is 27.6 Å². The lowest BCUT2D eigenvalue weighted by Crippen LogP contribution is -2.51. The molecule has 0 bridgehead atoms. The number of nitrogens with zero attached hydrogens (tertiary/aromatic N) is 2. The fourth-order valence-corrected chi connectivity index (χ4v) is 1.98. The van der Waals surface area contributed by atoms with Crippen LogP contribution in [0.1, 0.15) is 6.42 Å². The molecule has 1 aliphatic rings. The molecule has 0 saturated carbocycles. The summed E-state index contributed by atoms with van der Waals surface area (Å²) < 4.78 is 0. The normalized spacial score (nSPS) is 27.5. The van der Waals surface area contributed by atoms with Crippen molar-refractivity contribution in [2.75, 3.05) is 40.8 Å². The highest BCUT2D eigenvalue weighted by atomic mass is 15.3. The van der Waals surface area contributed by atoms with Crippen LogP contribution in [-0.2, 0) is 0 Å². The van der Waals surface area contributed by atoms with Crippen LogP contribution in [0.3, 0.4) is 0 Å². The molecule has 0 aromatic rings. The maximum Gasteiger partial charge on any atom is 0.0259 e. The van der Waals surface area contributed by atoms with Crippen LogP contribution in [0.5, 0.6) is 0 Å². The third kappa shape index (κ3) is 3.08. The van der Waals surface area contributed by atoms with Crippen LogP contribution < -0.4 is 5.32 Å². The summed E-state index contributed by atoms with van der Waals surface area (Å²) in [6.45, 7) is 7.38. The van der Waals surface area contributed by atoms with Crippen LogP contribution in [0.15, 0.2) is 12.7 Å². The first kappa shape index (κ1) is 11.7. The summed E-state index contributed by atoms with van der Waals surface area (Å²) in [6, 6.07) is 1.10. The maximum absolute atomic E-state index is 3.85. The van der Waals surface area contributed by atoms with E-state index in [9.17, 15) is 0 Å². The molecule has 14 heavy (non-hydrogen) atoms. The van der Waals surface area contributed by atoms with Gasteiger partial charge in [-0.2, -0.15) is 0 Å². The van der Waals surface area contributed by atoms with Gasteiger partial charge in [0.25, 0.3) is 0 Å². The predicted molar refractivity (Wildman–Crippen MR) is 61.6 cm³/mol. The van der Waals surface area contributed by atoms with E-state index in [1.54, 1.807) is 0 Å². The molecule has 0 spiro atoms. The van der Waals surface area contributed by atoms with E-state index in [1.165, 1.54) is 19.6 Å². The largest absolute Gasteiger partial charge is 0.313 e. The molecule has 0 aliphatic carbocycles. The second kappa shape index (κ2) is 5.49. The minimum atomic E-state index is 0.439. The molecule has 3 nitrogen and oxygen atoms in total. The summed E-state index contributed by atoms with van der Waals surface area (Å²) in [6.07, 6.45) is 3.16. The van der Waals surface area contributed by atoms with Gasteiger partial charge in [0.15, 0.2) is 0 Å². The van der Waals surface area contributed by atoms with E-state index in [2.05, 4.69) is 35.8 Å². The first-order valence-corrected chi connectivity index (χ1v) is 5.36. The lowest BCUT2D eigenvalue weighted by Gasteiger charge is -2.38. The molecule has 1 rings (SSSR count). The molecule has 1 saturated heterocycles. The predicted octanol–water partition coefficient (Wildman–Crippen LogP) is 0.396. The third-order valence-corrected chi connectivity index (χ3v) is 3.16. The van der Waals surface area contributed by atoms with Crippen LogP contribution in [0.25, 0.3) is 0 Å². The van der Waals surface area contributed by atoms with E-state index in [4.69, 9.17) is 0 Å². The van der Waals surface area contributed by atoms with Crippen LogP contribution in [0.4, 0.5) is 0 Å². The highest BCUT2D eigenvalue weighted by Crippen LogP contribution is 2.11. The van der Waals surface area contributed by atoms with Crippen LogP contribution in [0.2, 0.25) is 0 Å². The Balaban J connectivity index is 2.44.